The summed E-state index contributed by atoms with van der Waals surface area (Å²) in [5.41, 5.74) is 1.92. The number of para-hydroxylation sites is 2. The van der Waals surface area contributed by atoms with Crippen molar-refractivity contribution >= 4 is 43.5 Å². The molecule has 0 fully saturated rings. The van der Waals surface area contributed by atoms with Crippen LogP contribution < -0.4 is 14.4 Å². The molecule has 3 aromatic rings. The van der Waals surface area contributed by atoms with E-state index in [1.807, 2.05) is 54.6 Å². The van der Waals surface area contributed by atoms with Gasteiger partial charge in [0, 0.05) is 24.5 Å². The van der Waals surface area contributed by atoms with E-state index < -0.39 is 28.5 Å². The summed E-state index contributed by atoms with van der Waals surface area (Å²) in [6.45, 7) is 1.74. The van der Waals surface area contributed by atoms with Crippen LogP contribution >= 0.6 is 15.9 Å². The lowest BCUT2D eigenvalue weighted by Gasteiger charge is -2.33. The molecule has 0 bridgehead atoms. The lowest BCUT2D eigenvalue weighted by molar-refractivity contribution is -0.139. The molecule has 1 N–H and O–H groups in total. The van der Waals surface area contributed by atoms with Crippen molar-refractivity contribution in [1.29, 1.82) is 0 Å². The van der Waals surface area contributed by atoms with Gasteiger partial charge in [-0.25, -0.2) is 8.42 Å². The number of rotatable bonds is 12. The standard InChI is InChI=1S/C28H32BrN3O5S/c1-4-37-26-13-9-8-12-24(26)32(38(3,35)36)20-27(33)31(19-22-14-16-23(29)17-15-22)25(28(34)30-2)18-21-10-6-5-7-11-21/h5-17,25H,4,18-20H2,1-3H3,(H,30,34). The van der Waals surface area contributed by atoms with E-state index in [0.717, 1.165) is 26.2 Å². The van der Waals surface area contributed by atoms with Crippen LogP contribution in [0.1, 0.15) is 18.1 Å². The number of nitrogens with zero attached hydrogens (tertiary/aromatic N) is 2. The Morgan fingerprint density at radius 1 is 0.947 bits per heavy atom. The fraction of sp³-hybridized carbons (Fsp3) is 0.286. The van der Waals surface area contributed by atoms with E-state index in [1.165, 1.54) is 11.9 Å². The van der Waals surface area contributed by atoms with E-state index in [0.29, 0.717) is 12.4 Å². The van der Waals surface area contributed by atoms with Crippen molar-refractivity contribution < 1.29 is 22.7 Å². The first-order valence-corrected chi connectivity index (χ1v) is 14.8. The Bertz CT molecular complexity index is 1330. The van der Waals surface area contributed by atoms with Gasteiger partial charge in [0.15, 0.2) is 0 Å². The molecule has 0 aliphatic carbocycles. The van der Waals surface area contributed by atoms with Gasteiger partial charge in [-0.15, -0.1) is 0 Å². The van der Waals surface area contributed by atoms with Gasteiger partial charge < -0.3 is 15.0 Å². The smallest absolute Gasteiger partial charge is 0.244 e. The fourth-order valence-electron chi connectivity index (χ4n) is 4.04. The second-order valence-corrected chi connectivity index (χ2v) is 11.5. The third-order valence-electron chi connectivity index (χ3n) is 5.90. The molecule has 0 radical (unpaired) electrons. The van der Waals surface area contributed by atoms with Crippen molar-refractivity contribution in [3.63, 3.8) is 0 Å². The summed E-state index contributed by atoms with van der Waals surface area (Å²) in [7, 11) is -2.36. The van der Waals surface area contributed by atoms with Gasteiger partial charge in [0.2, 0.25) is 21.8 Å². The number of likely N-dealkylation sites (N-methyl/N-ethyl adjacent to an activating group) is 1. The van der Waals surface area contributed by atoms with Crippen molar-refractivity contribution in [2.45, 2.75) is 25.9 Å². The Hall–Kier alpha value is -3.37. The molecule has 2 amide bonds. The number of benzene rings is 3. The van der Waals surface area contributed by atoms with Crippen LogP contribution in [0.5, 0.6) is 5.75 Å². The van der Waals surface area contributed by atoms with Crippen LogP contribution in [-0.4, -0.2) is 57.6 Å². The zero-order valence-corrected chi connectivity index (χ0v) is 24.0. The Balaban J connectivity index is 2.04. The van der Waals surface area contributed by atoms with Gasteiger partial charge in [-0.2, -0.15) is 0 Å². The van der Waals surface area contributed by atoms with Crippen LogP contribution in [0.2, 0.25) is 0 Å². The van der Waals surface area contributed by atoms with Gasteiger partial charge in [-0.3, -0.25) is 13.9 Å². The molecule has 38 heavy (non-hydrogen) atoms. The summed E-state index contributed by atoms with van der Waals surface area (Å²) in [6.07, 6.45) is 1.31. The van der Waals surface area contributed by atoms with Gasteiger partial charge in [0.1, 0.15) is 18.3 Å². The molecular formula is C28H32BrN3O5S. The molecule has 202 valence electrons. The molecular weight excluding hydrogens is 570 g/mol. The molecule has 0 saturated heterocycles. The molecule has 1 unspecified atom stereocenters. The normalized spacial score (nSPS) is 11.9. The van der Waals surface area contributed by atoms with E-state index in [9.17, 15) is 18.0 Å². The van der Waals surface area contributed by atoms with Crippen LogP contribution in [-0.2, 0) is 32.6 Å². The van der Waals surface area contributed by atoms with Gasteiger partial charge in [0.25, 0.3) is 0 Å². The van der Waals surface area contributed by atoms with Crippen molar-refractivity contribution in [1.82, 2.24) is 10.2 Å². The molecule has 0 saturated carbocycles. The van der Waals surface area contributed by atoms with Crippen LogP contribution in [0.4, 0.5) is 5.69 Å². The highest BCUT2D eigenvalue weighted by atomic mass is 79.9. The molecule has 0 aliphatic rings. The monoisotopic (exact) mass is 601 g/mol. The second-order valence-electron chi connectivity index (χ2n) is 8.64. The van der Waals surface area contributed by atoms with Crippen molar-refractivity contribution in [3.8, 4) is 5.75 Å². The zero-order valence-electron chi connectivity index (χ0n) is 21.6. The molecule has 3 aromatic carbocycles. The number of anilines is 1. The minimum atomic E-state index is -3.88. The Labute approximate surface area is 232 Å². The molecule has 10 heteroatoms. The third kappa shape index (κ3) is 7.82. The molecule has 3 rings (SSSR count). The highest BCUT2D eigenvalue weighted by molar-refractivity contribution is 9.10. The SMILES string of the molecule is CCOc1ccccc1N(CC(=O)N(Cc1ccc(Br)cc1)C(Cc1ccccc1)C(=O)NC)S(C)(=O)=O. The molecule has 1 atom stereocenters. The first kappa shape index (κ1) is 29.2. The topological polar surface area (TPSA) is 96.0 Å². The minimum absolute atomic E-state index is 0.113. The summed E-state index contributed by atoms with van der Waals surface area (Å²) in [5.74, 6) is -0.520. The summed E-state index contributed by atoms with van der Waals surface area (Å²) in [6, 6.07) is 22.6. The first-order valence-electron chi connectivity index (χ1n) is 12.1. The van der Waals surface area contributed by atoms with Crippen LogP contribution in [0, 0.1) is 0 Å². The van der Waals surface area contributed by atoms with Crippen molar-refractivity contribution in [3.05, 3.63) is 94.5 Å². The highest BCUT2D eigenvalue weighted by Gasteiger charge is 2.33. The Morgan fingerprint density at radius 2 is 1.58 bits per heavy atom. The van der Waals surface area contributed by atoms with Gasteiger partial charge >= 0.3 is 0 Å². The third-order valence-corrected chi connectivity index (χ3v) is 7.55. The molecule has 0 heterocycles. The number of halogens is 1. The Morgan fingerprint density at radius 3 is 2.18 bits per heavy atom. The minimum Gasteiger partial charge on any atom is -0.492 e. The number of nitrogens with one attached hydrogen (secondary N) is 1. The maximum absolute atomic E-state index is 14.0. The van der Waals surface area contributed by atoms with Crippen LogP contribution in [0.15, 0.2) is 83.3 Å². The number of carbonyl (C=O) groups is 2. The molecule has 0 aliphatic heterocycles. The van der Waals surface area contributed by atoms with Gasteiger partial charge in [0.05, 0.1) is 18.6 Å². The predicted octanol–water partition coefficient (Wildman–Crippen LogP) is 4.00. The number of sulfonamides is 1. The maximum atomic E-state index is 14.0. The van der Waals surface area contributed by atoms with Crippen molar-refractivity contribution in [2.24, 2.45) is 0 Å². The molecule has 8 nitrogen and oxygen atoms in total. The number of amides is 2. The van der Waals surface area contributed by atoms with E-state index in [2.05, 4.69) is 21.2 Å². The summed E-state index contributed by atoms with van der Waals surface area (Å²) in [4.78, 5) is 28.5. The zero-order chi connectivity index (χ0) is 27.7. The second kappa shape index (κ2) is 13.4. The van der Waals surface area contributed by atoms with E-state index in [1.54, 1.807) is 31.2 Å². The molecule has 0 spiro atoms. The van der Waals surface area contributed by atoms with E-state index in [4.69, 9.17) is 4.74 Å². The highest BCUT2D eigenvalue weighted by Crippen LogP contribution is 2.30. The lowest BCUT2D eigenvalue weighted by atomic mass is 10.0. The largest absolute Gasteiger partial charge is 0.492 e. The number of hydrogen-bond acceptors (Lipinski definition) is 5. The molecule has 0 aromatic heterocycles. The van der Waals surface area contributed by atoms with Gasteiger partial charge in [-0.1, -0.05) is 70.5 Å². The lowest BCUT2D eigenvalue weighted by Crippen LogP contribution is -2.52. The number of carbonyl (C=O) groups excluding carboxylic acids is 2. The van der Waals surface area contributed by atoms with E-state index >= 15 is 0 Å². The maximum Gasteiger partial charge on any atom is 0.244 e. The van der Waals surface area contributed by atoms with E-state index in [-0.39, 0.29) is 24.6 Å². The average molecular weight is 603 g/mol. The fourth-order valence-corrected chi connectivity index (χ4v) is 5.16. The summed E-state index contributed by atoms with van der Waals surface area (Å²) < 4.78 is 33.4. The Kier molecular flexibility index (Phi) is 10.3. The van der Waals surface area contributed by atoms with Gasteiger partial charge in [-0.05, 0) is 42.3 Å². The average Bonchev–Trinajstić information content (AvgIpc) is 2.90. The van der Waals surface area contributed by atoms with Crippen LogP contribution in [0.25, 0.3) is 0 Å². The first-order chi connectivity index (χ1) is 18.1. The summed E-state index contributed by atoms with van der Waals surface area (Å²) in [5, 5.41) is 2.66. The number of hydrogen-bond donors (Lipinski definition) is 1. The predicted molar refractivity (Wildman–Crippen MR) is 152 cm³/mol. The quantitative estimate of drug-likeness (QED) is 0.338. The number of ether oxygens (including phenoxy) is 1. The van der Waals surface area contributed by atoms with Crippen LogP contribution in [0.3, 0.4) is 0 Å². The summed E-state index contributed by atoms with van der Waals surface area (Å²) >= 11 is 3.42. The van der Waals surface area contributed by atoms with Crippen molar-refractivity contribution in [2.75, 3.05) is 30.8 Å².